The van der Waals surface area contributed by atoms with Crippen molar-refractivity contribution in [2.75, 3.05) is 19.7 Å². The molecule has 1 saturated heterocycles. The maximum atomic E-state index is 12.7. The number of fused-ring (bicyclic) bond motifs is 4. The number of H-pyrrole nitrogens is 1. The largest absolute Gasteiger partial charge is 0.368 e. The molecule has 5 nitrogen and oxygen atoms in total. The molecule has 1 spiro atoms. The molecule has 1 fully saturated rings. The second kappa shape index (κ2) is 7.82. The van der Waals surface area contributed by atoms with E-state index in [1.54, 1.807) is 0 Å². The zero-order chi connectivity index (χ0) is 18.3. The molecule has 0 aliphatic carbocycles. The first-order chi connectivity index (χ1) is 12.6. The number of rotatable bonds is 3. The van der Waals surface area contributed by atoms with Crippen LogP contribution in [0.1, 0.15) is 44.4 Å². The van der Waals surface area contributed by atoms with Crippen molar-refractivity contribution in [3.8, 4) is 0 Å². The van der Waals surface area contributed by atoms with E-state index in [1.165, 1.54) is 22.2 Å². The third-order valence-corrected chi connectivity index (χ3v) is 6.42. The van der Waals surface area contributed by atoms with E-state index in [0.717, 1.165) is 32.3 Å². The Hall–Kier alpha value is -1.56. The van der Waals surface area contributed by atoms with Gasteiger partial charge in [0, 0.05) is 24.0 Å². The lowest BCUT2D eigenvalue weighted by atomic mass is 9.83. The van der Waals surface area contributed by atoms with Crippen LogP contribution in [0, 0.1) is 5.92 Å². The summed E-state index contributed by atoms with van der Waals surface area (Å²) in [4.78, 5) is 18.3. The van der Waals surface area contributed by atoms with Gasteiger partial charge in [-0.05, 0) is 36.8 Å². The molecular formula is C21H30ClN3O2. The molecule has 2 aliphatic rings. The molecule has 1 aromatic carbocycles. The molecule has 0 saturated carbocycles. The number of para-hydroxylation sites is 1. The van der Waals surface area contributed by atoms with Gasteiger partial charge in [0.05, 0.1) is 18.3 Å². The summed E-state index contributed by atoms with van der Waals surface area (Å²) in [5, 5.41) is 1.31. The fourth-order valence-electron chi connectivity index (χ4n) is 4.46. The topological polar surface area (TPSA) is 71.3 Å². The summed E-state index contributed by atoms with van der Waals surface area (Å²) in [7, 11) is 0. The lowest BCUT2D eigenvalue weighted by Gasteiger charge is -2.44. The van der Waals surface area contributed by atoms with Crippen LogP contribution in [-0.4, -0.2) is 41.5 Å². The van der Waals surface area contributed by atoms with Gasteiger partial charge in [-0.3, -0.25) is 4.79 Å². The Morgan fingerprint density at radius 3 is 2.74 bits per heavy atom. The van der Waals surface area contributed by atoms with Crippen LogP contribution in [0.25, 0.3) is 10.9 Å². The van der Waals surface area contributed by atoms with Crippen molar-refractivity contribution in [3.63, 3.8) is 0 Å². The zero-order valence-corrected chi connectivity index (χ0v) is 17.0. The number of benzene rings is 1. The monoisotopic (exact) mass is 391 g/mol. The van der Waals surface area contributed by atoms with Crippen LogP contribution in [0.15, 0.2) is 24.3 Å². The van der Waals surface area contributed by atoms with Crippen molar-refractivity contribution in [1.29, 1.82) is 0 Å². The summed E-state index contributed by atoms with van der Waals surface area (Å²) in [6.45, 7) is 6.29. The number of piperidine rings is 1. The highest BCUT2D eigenvalue weighted by Crippen LogP contribution is 2.43. The first-order valence-electron chi connectivity index (χ1n) is 9.84. The highest BCUT2D eigenvalue weighted by Gasteiger charge is 2.44. The number of amides is 1. The second-order valence-corrected chi connectivity index (χ2v) is 7.85. The molecule has 0 bridgehead atoms. The number of likely N-dealkylation sites (tertiary alicyclic amines) is 1. The number of aromatic amines is 1. The van der Waals surface area contributed by atoms with Crippen molar-refractivity contribution < 1.29 is 9.53 Å². The van der Waals surface area contributed by atoms with Crippen molar-refractivity contribution in [2.24, 2.45) is 11.7 Å². The Balaban J connectivity index is 0.00000210. The van der Waals surface area contributed by atoms with Crippen LogP contribution in [0.2, 0.25) is 0 Å². The van der Waals surface area contributed by atoms with E-state index in [1.807, 2.05) is 4.90 Å². The number of halogens is 1. The Labute approximate surface area is 167 Å². The van der Waals surface area contributed by atoms with Crippen LogP contribution in [0.5, 0.6) is 0 Å². The molecular weight excluding hydrogens is 362 g/mol. The molecule has 2 aliphatic heterocycles. The minimum Gasteiger partial charge on any atom is -0.368 e. The molecule has 3 N–H and O–H groups in total. The number of carbonyl (C=O) groups excluding carboxylic acids is 1. The highest BCUT2D eigenvalue weighted by molar-refractivity contribution is 5.86. The SMILES string of the molecule is CC[C@H](C)[C@H](N)C(=O)N1CCC2(CC1)OCCc1c2[nH]c2ccccc12.Cl. The maximum absolute atomic E-state index is 12.7. The van der Waals surface area contributed by atoms with Crippen LogP contribution in [0.3, 0.4) is 0 Å². The molecule has 27 heavy (non-hydrogen) atoms. The van der Waals surface area contributed by atoms with Gasteiger partial charge in [0.2, 0.25) is 5.91 Å². The summed E-state index contributed by atoms with van der Waals surface area (Å²) in [5.74, 6) is 0.298. The minimum absolute atomic E-state index is 0. The van der Waals surface area contributed by atoms with Gasteiger partial charge in [0.1, 0.15) is 5.60 Å². The van der Waals surface area contributed by atoms with Crippen LogP contribution in [0.4, 0.5) is 0 Å². The molecule has 148 valence electrons. The first kappa shape index (κ1) is 20.2. The lowest BCUT2D eigenvalue weighted by Crippen LogP contribution is -2.53. The number of hydrogen-bond acceptors (Lipinski definition) is 3. The van der Waals surface area contributed by atoms with E-state index in [4.69, 9.17) is 10.5 Å². The first-order valence-corrected chi connectivity index (χ1v) is 9.84. The number of hydrogen-bond donors (Lipinski definition) is 2. The van der Waals surface area contributed by atoms with E-state index in [2.05, 4.69) is 43.1 Å². The second-order valence-electron chi connectivity index (χ2n) is 7.85. The quantitative estimate of drug-likeness (QED) is 0.842. The molecule has 2 atom stereocenters. The summed E-state index contributed by atoms with van der Waals surface area (Å²) in [5.41, 5.74) is 9.68. The van der Waals surface area contributed by atoms with Gasteiger partial charge >= 0.3 is 0 Å². The standard InChI is InChI=1S/C21H29N3O2.ClH/c1-3-14(2)18(22)20(25)24-11-9-21(10-12-24)19-16(8-13-26-21)15-6-4-5-7-17(15)23-19;/h4-7,14,18,23H,3,8-13,22H2,1-2H3;1H/t14-,18-;/m0./s1. The van der Waals surface area contributed by atoms with Gasteiger partial charge in [-0.2, -0.15) is 0 Å². The number of aromatic nitrogens is 1. The van der Waals surface area contributed by atoms with E-state index >= 15 is 0 Å². The zero-order valence-electron chi connectivity index (χ0n) is 16.2. The van der Waals surface area contributed by atoms with Gasteiger partial charge in [0.25, 0.3) is 0 Å². The van der Waals surface area contributed by atoms with Gasteiger partial charge in [-0.15, -0.1) is 12.4 Å². The molecule has 2 aromatic rings. The number of ether oxygens (including phenoxy) is 1. The summed E-state index contributed by atoms with van der Waals surface area (Å²) < 4.78 is 6.32. The maximum Gasteiger partial charge on any atom is 0.239 e. The van der Waals surface area contributed by atoms with Crippen LogP contribution < -0.4 is 5.73 Å². The fourth-order valence-corrected chi connectivity index (χ4v) is 4.46. The Kier molecular flexibility index (Phi) is 5.84. The van der Waals surface area contributed by atoms with Gasteiger partial charge in [0.15, 0.2) is 0 Å². The van der Waals surface area contributed by atoms with Gasteiger partial charge in [-0.25, -0.2) is 0 Å². The van der Waals surface area contributed by atoms with Crippen molar-refractivity contribution in [2.45, 2.75) is 51.2 Å². The van der Waals surface area contributed by atoms with Gasteiger partial charge in [-0.1, -0.05) is 38.5 Å². The number of nitrogens with two attached hydrogens (primary N) is 1. The van der Waals surface area contributed by atoms with E-state index in [9.17, 15) is 4.79 Å². The predicted molar refractivity (Wildman–Crippen MR) is 110 cm³/mol. The minimum atomic E-state index is -0.398. The average Bonchev–Trinajstić information content (AvgIpc) is 3.07. The molecule has 6 heteroatoms. The molecule has 3 heterocycles. The summed E-state index contributed by atoms with van der Waals surface area (Å²) in [6, 6.07) is 8.08. The highest BCUT2D eigenvalue weighted by atomic mass is 35.5. The average molecular weight is 392 g/mol. The smallest absolute Gasteiger partial charge is 0.239 e. The van der Waals surface area contributed by atoms with Crippen LogP contribution >= 0.6 is 12.4 Å². The van der Waals surface area contributed by atoms with Gasteiger partial charge < -0.3 is 20.4 Å². The molecule has 0 radical (unpaired) electrons. The summed E-state index contributed by atoms with van der Waals surface area (Å²) >= 11 is 0. The van der Waals surface area contributed by atoms with Crippen LogP contribution in [-0.2, 0) is 21.6 Å². The van der Waals surface area contributed by atoms with E-state index < -0.39 is 6.04 Å². The molecule has 0 unspecified atom stereocenters. The van der Waals surface area contributed by atoms with Crippen molar-refractivity contribution in [3.05, 3.63) is 35.5 Å². The predicted octanol–water partition coefficient (Wildman–Crippen LogP) is 3.35. The Bertz CT molecular complexity index is 811. The Morgan fingerprint density at radius 1 is 1.33 bits per heavy atom. The number of nitrogens with zero attached hydrogens (tertiary/aromatic N) is 1. The van der Waals surface area contributed by atoms with E-state index in [-0.39, 0.29) is 29.8 Å². The Morgan fingerprint density at radius 2 is 2.04 bits per heavy atom. The van der Waals surface area contributed by atoms with Crippen molar-refractivity contribution >= 4 is 29.2 Å². The van der Waals surface area contributed by atoms with Crippen molar-refractivity contribution in [1.82, 2.24) is 9.88 Å². The number of carbonyl (C=O) groups is 1. The molecule has 1 amide bonds. The third kappa shape index (κ3) is 3.37. The third-order valence-electron chi connectivity index (χ3n) is 6.42. The molecule has 4 rings (SSSR count). The normalized spacial score (nSPS) is 20.8. The summed E-state index contributed by atoms with van der Waals surface area (Å²) in [6.07, 6.45) is 3.52. The molecule has 1 aromatic heterocycles. The lowest BCUT2D eigenvalue weighted by molar-refractivity contribution is -0.143. The number of nitrogens with one attached hydrogen (secondary N) is 1. The fraction of sp³-hybridized carbons (Fsp3) is 0.571. The van der Waals surface area contributed by atoms with E-state index in [0.29, 0.717) is 13.1 Å².